The van der Waals surface area contributed by atoms with Crippen LogP contribution < -0.4 is 5.32 Å². The minimum atomic E-state index is 0.366. The van der Waals surface area contributed by atoms with E-state index < -0.39 is 0 Å². The van der Waals surface area contributed by atoms with E-state index in [4.69, 9.17) is 0 Å². The van der Waals surface area contributed by atoms with Crippen LogP contribution in [0.5, 0.6) is 0 Å². The summed E-state index contributed by atoms with van der Waals surface area (Å²) >= 11 is 0. The summed E-state index contributed by atoms with van der Waals surface area (Å²) in [5.41, 5.74) is 4.81. The van der Waals surface area contributed by atoms with Crippen LogP contribution in [0.1, 0.15) is 11.1 Å². The molecule has 3 aromatic rings. The highest BCUT2D eigenvalue weighted by molar-refractivity contribution is 5.59. The highest BCUT2D eigenvalue weighted by atomic mass is 15.1. The lowest BCUT2D eigenvalue weighted by Crippen LogP contribution is -2.21. The normalized spacial score (nSPS) is 13.8. The van der Waals surface area contributed by atoms with Gasteiger partial charge in [0.25, 0.3) is 0 Å². The van der Waals surface area contributed by atoms with Crippen molar-refractivity contribution >= 4 is 5.95 Å². The summed E-state index contributed by atoms with van der Waals surface area (Å²) in [5.74, 6) is 0.687. The van der Waals surface area contributed by atoms with Crippen molar-refractivity contribution in [2.45, 2.75) is 18.9 Å². The van der Waals surface area contributed by atoms with Crippen LogP contribution in [-0.4, -0.2) is 21.0 Å². The van der Waals surface area contributed by atoms with Gasteiger partial charge in [-0.3, -0.25) is 4.98 Å². The molecule has 1 N–H and O–H groups in total. The van der Waals surface area contributed by atoms with Crippen molar-refractivity contribution in [1.82, 2.24) is 15.0 Å². The maximum absolute atomic E-state index is 4.62. The molecule has 1 aliphatic carbocycles. The first kappa shape index (κ1) is 13.0. The molecule has 1 aliphatic rings. The summed E-state index contributed by atoms with van der Waals surface area (Å²) in [5, 5.41) is 3.46. The lowest BCUT2D eigenvalue weighted by atomic mass is 10.1. The second kappa shape index (κ2) is 5.56. The van der Waals surface area contributed by atoms with Crippen molar-refractivity contribution in [3.63, 3.8) is 0 Å². The molecule has 4 rings (SSSR count). The number of anilines is 1. The second-order valence-corrected chi connectivity index (χ2v) is 5.52. The lowest BCUT2D eigenvalue weighted by Gasteiger charge is -2.12. The van der Waals surface area contributed by atoms with Gasteiger partial charge >= 0.3 is 0 Å². The molecule has 0 spiro atoms. The van der Waals surface area contributed by atoms with Crippen LogP contribution in [0.3, 0.4) is 0 Å². The third kappa shape index (κ3) is 2.55. The summed E-state index contributed by atoms with van der Waals surface area (Å²) in [6.07, 6.45) is 7.40. The van der Waals surface area contributed by atoms with Crippen LogP contribution in [0.15, 0.2) is 61.1 Å². The van der Waals surface area contributed by atoms with E-state index in [1.54, 1.807) is 18.6 Å². The minimum absolute atomic E-state index is 0.366. The molecule has 108 valence electrons. The fraction of sp³-hybridized carbons (Fsp3) is 0.167. The second-order valence-electron chi connectivity index (χ2n) is 5.52. The smallest absolute Gasteiger partial charge is 0.223 e. The molecule has 0 saturated carbocycles. The molecule has 0 bridgehead atoms. The van der Waals surface area contributed by atoms with Gasteiger partial charge in [0.1, 0.15) is 0 Å². The van der Waals surface area contributed by atoms with Crippen molar-refractivity contribution < 1.29 is 0 Å². The van der Waals surface area contributed by atoms with Gasteiger partial charge in [-0.15, -0.1) is 0 Å². The molecule has 2 aromatic heterocycles. The van der Waals surface area contributed by atoms with Gasteiger partial charge in [0.05, 0.1) is 5.69 Å². The average Bonchev–Trinajstić information content (AvgIpc) is 2.98. The van der Waals surface area contributed by atoms with Crippen molar-refractivity contribution in [2.75, 3.05) is 5.32 Å². The zero-order valence-corrected chi connectivity index (χ0v) is 12.1. The Morgan fingerprint density at radius 1 is 0.864 bits per heavy atom. The predicted octanol–water partition coefficient (Wildman–Crippen LogP) is 3.12. The Morgan fingerprint density at radius 3 is 2.32 bits per heavy atom. The number of benzene rings is 1. The SMILES string of the molecule is c1ccc2c(c1)CC(Nc1nccc(-c3ccncc3)n1)C2. The number of hydrogen-bond donors (Lipinski definition) is 1. The van der Waals surface area contributed by atoms with Crippen molar-refractivity contribution in [3.05, 3.63) is 72.2 Å². The molecule has 1 aromatic carbocycles. The van der Waals surface area contributed by atoms with Crippen molar-refractivity contribution in [1.29, 1.82) is 0 Å². The fourth-order valence-corrected chi connectivity index (χ4v) is 2.96. The van der Waals surface area contributed by atoms with E-state index in [-0.39, 0.29) is 0 Å². The number of rotatable bonds is 3. The highest BCUT2D eigenvalue weighted by Gasteiger charge is 2.21. The Bertz CT molecular complexity index is 761. The monoisotopic (exact) mass is 288 g/mol. The van der Waals surface area contributed by atoms with Gasteiger partial charge in [-0.05, 0) is 42.2 Å². The zero-order chi connectivity index (χ0) is 14.8. The molecule has 0 unspecified atom stereocenters. The summed E-state index contributed by atoms with van der Waals surface area (Å²) in [4.78, 5) is 13.0. The Kier molecular flexibility index (Phi) is 3.27. The van der Waals surface area contributed by atoms with Crippen molar-refractivity contribution in [3.8, 4) is 11.3 Å². The van der Waals surface area contributed by atoms with Gasteiger partial charge in [0.2, 0.25) is 5.95 Å². The van der Waals surface area contributed by atoms with E-state index >= 15 is 0 Å². The maximum atomic E-state index is 4.62. The summed E-state index contributed by atoms with van der Waals surface area (Å²) in [6.45, 7) is 0. The Hall–Kier alpha value is -2.75. The van der Waals surface area contributed by atoms with Crippen LogP contribution in [0.4, 0.5) is 5.95 Å². The van der Waals surface area contributed by atoms with Crippen LogP contribution in [0.2, 0.25) is 0 Å². The standard InChI is InChI=1S/C18H16N4/c1-2-4-15-12-16(11-14(15)3-1)21-18-20-10-7-17(22-18)13-5-8-19-9-6-13/h1-10,16H,11-12H2,(H,20,21,22). The number of nitrogens with one attached hydrogen (secondary N) is 1. The van der Waals surface area contributed by atoms with E-state index in [0.29, 0.717) is 12.0 Å². The van der Waals surface area contributed by atoms with E-state index in [9.17, 15) is 0 Å². The van der Waals surface area contributed by atoms with E-state index in [1.165, 1.54) is 11.1 Å². The molecule has 2 heterocycles. The Morgan fingerprint density at radius 2 is 1.59 bits per heavy atom. The van der Waals surface area contributed by atoms with Crippen LogP contribution >= 0.6 is 0 Å². The quantitative estimate of drug-likeness (QED) is 0.804. The minimum Gasteiger partial charge on any atom is -0.351 e. The number of fused-ring (bicyclic) bond motifs is 1. The summed E-state index contributed by atoms with van der Waals surface area (Å²) in [6, 6.07) is 14.8. The number of nitrogens with zero attached hydrogens (tertiary/aromatic N) is 3. The molecule has 0 atom stereocenters. The largest absolute Gasteiger partial charge is 0.351 e. The zero-order valence-electron chi connectivity index (χ0n) is 12.1. The lowest BCUT2D eigenvalue weighted by molar-refractivity contribution is 0.762. The Labute approximate surface area is 129 Å². The third-order valence-electron chi connectivity index (χ3n) is 4.02. The first-order chi connectivity index (χ1) is 10.9. The topological polar surface area (TPSA) is 50.7 Å². The molecule has 0 amide bonds. The third-order valence-corrected chi connectivity index (χ3v) is 4.02. The van der Waals surface area contributed by atoms with Crippen LogP contribution in [0.25, 0.3) is 11.3 Å². The fourth-order valence-electron chi connectivity index (χ4n) is 2.96. The van der Waals surface area contributed by atoms with Gasteiger partial charge in [-0.25, -0.2) is 9.97 Å². The molecular weight excluding hydrogens is 272 g/mol. The van der Waals surface area contributed by atoms with Gasteiger partial charge < -0.3 is 5.32 Å². The van der Waals surface area contributed by atoms with Crippen LogP contribution in [0, 0.1) is 0 Å². The van der Waals surface area contributed by atoms with E-state index in [1.807, 2.05) is 18.2 Å². The molecule has 0 fully saturated rings. The van der Waals surface area contributed by atoms with Gasteiger partial charge in [-0.2, -0.15) is 0 Å². The van der Waals surface area contributed by atoms with E-state index in [0.717, 1.165) is 24.1 Å². The summed E-state index contributed by atoms with van der Waals surface area (Å²) in [7, 11) is 0. The molecular formula is C18H16N4. The molecule has 0 radical (unpaired) electrons. The first-order valence-corrected chi connectivity index (χ1v) is 7.45. The number of aromatic nitrogens is 3. The van der Waals surface area contributed by atoms with Crippen molar-refractivity contribution in [2.24, 2.45) is 0 Å². The number of pyridine rings is 1. The molecule has 22 heavy (non-hydrogen) atoms. The molecule has 0 saturated heterocycles. The van der Waals surface area contributed by atoms with Gasteiger partial charge in [0, 0.05) is 30.2 Å². The first-order valence-electron chi connectivity index (χ1n) is 7.45. The molecule has 4 heteroatoms. The number of hydrogen-bond acceptors (Lipinski definition) is 4. The molecule has 0 aliphatic heterocycles. The van der Waals surface area contributed by atoms with Crippen LogP contribution in [-0.2, 0) is 12.8 Å². The highest BCUT2D eigenvalue weighted by Crippen LogP contribution is 2.24. The van der Waals surface area contributed by atoms with E-state index in [2.05, 4.69) is 44.5 Å². The Balaban J connectivity index is 1.53. The predicted molar refractivity (Wildman–Crippen MR) is 86.5 cm³/mol. The summed E-state index contributed by atoms with van der Waals surface area (Å²) < 4.78 is 0. The van der Waals surface area contributed by atoms with Gasteiger partial charge in [-0.1, -0.05) is 24.3 Å². The average molecular weight is 288 g/mol. The maximum Gasteiger partial charge on any atom is 0.223 e. The van der Waals surface area contributed by atoms with Gasteiger partial charge in [0.15, 0.2) is 0 Å². The molecule has 4 nitrogen and oxygen atoms in total.